The molecule has 0 spiro atoms. The number of ketones is 1. The van der Waals surface area contributed by atoms with E-state index in [2.05, 4.69) is 41.4 Å². The summed E-state index contributed by atoms with van der Waals surface area (Å²) in [5.41, 5.74) is 2.68. The minimum atomic E-state index is -0.707. The maximum atomic E-state index is 14.3. The van der Waals surface area contributed by atoms with Crippen LogP contribution in [-0.2, 0) is 11.2 Å². The van der Waals surface area contributed by atoms with Crippen LogP contribution in [-0.4, -0.2) is 39.4 Å². The molecule has 0 radical (unpaired) electrons. The summed E-state index contributed by atoms with van der Waals surface area (Å²) in [5.74, 6) is 0.0807. The van der Waals surface area contributed by atoms with Crippen LogP contribution in [0.25, 0.3) is 10.9 Å². The van der Waals surface area contributed by atoms with E-state index in [1.54, 1.807) is 16.8 Å². The molecular formula is C32H34N2O3S. The minimum Gasteiger partial charge on any atom is -0.444 e. The Kier molecular flexibility index (Phi) is 7.10. The van der Waals surface area contributed by atoms with Crippen molar-refractivity contribution in [1.82, 2.24) is 8.87 Å². The molecule has 1 aliphatic rings. The van der Waals surface area contributed by atoms with Gasteiger partial charge in [-0.05, 0) is 93.9 Å². The Morgan fingerprint density at radius 3 is 2.34 bits per heavy atom. The summed E-state index contributed by atoms with van der Waals surface area (Å²) in [6.45, 7) is 8.52. The van der Waals surface area contributed by atoms with Crippen LogP contribution >= 0.6 is 11.9 Å². The number of aromatic nitrogens is 1. The fourth-order valence-electron chi connectivity index (χ4n) is 5.23. The van der Waals surface area contributed by atoms with Gasteiger partial charge in [-0.25, -0.2) is 4.79 Å². The molecule has 38 heavy (non-hydrogen) atoms. The first-order valence-corrected chi connectivity index (χ1v) is 13.8. The van der Waals surface area contributed by atoms with E-state index < -0.39 is 11.0 Å². The molecule has 1 atom stereocenters. The number of nitrogens with zero attached hydrogens (tertiary/aromatic N) is 2. The predicted octanol–water partition coefficient (Wildman–Crippen LogP) is 7.56. The van der Waals surface area contributed by atoms with Crippen molar-refractivity contribution >= 4 is 34.7 Å². The average molecular weight is 527 g/mol. The molecule has 1 fully saturated rings. The highest BCUT2D eigenvalue weighted by Gasteiger charge is 2.47. The number of aryl methyl sites for hydroxylation is 1. The van der Waals surface area contributed by atoms with Gasteiger partial charge >= 0.3 is 6.09 Å². The zero-order valence-electron chi connectivity index (χ0n) is 22.4. The van der Waals surface area contributed by atoms with Crippen LogP contribution in [0.1, 0.15) is 48.7 Å². The molecule has 2 heterocycles. The largest absolute Gasteiger partial charge is 0.444 e. The number of Topliss-reactive ketones (excluding diaryl/α,β-unsaturated/α-hetero) is 1. The van der Waals surface area contributed by atoms with Crippen LogP contribution in [0.5, 0.6) is 0 Å². The van der Waals surface area contributed by atoms with E-state index in [0.29, 0.717) is 31.5 Å². The standard InChI is InChI=1S/C32H34N2O3S/c1-23-21-34(38-26-13-9-6-10-14-26)28-16-15-25(19-27(23)28)29(35)32(20-24-11-7-5-8-12-24)17-18-33(22-32)30(36)37-31(2,3)4/h5-16,19,21H,17-18,20,22H2,1-4H3. The number of ether oxygens (including phenoxy) is 1. The molecule has 1 aliphatic heterocycles. The van der Waals surface area contributed by atoms with Gasteiger partial charge in [-0.3, -0.25) is 8.77 Å². The van der Waals surface area contributed by atoms with Crippen LogP contribution < -0.4 is 0 Å². The normalized spacial score (nSPS) is 17.6. The van der Waals surface area contributed by atoms with Gasteiger partial charge in [-0.15, -0.1) is 0 Å². The van der Waals surface area contributed by atoms with Gasteiger partial charge in [0, 0.05) is 35.1 Å². The number of carbonyl (C=O) groups excluding carboxylic acids is 2. The summed E-state index contributed by atoms with van der Waals surface area (Å²) in [5, 5.41) is 1.07. The number of hydrogen-bond donors (Lipinski definition) is 0. The summed E-state index contributed by atoms with van der Waals surface area (Å²) in [7, 11) is 0. The molecule has 0 saturated carbocycles. The summed E-state index contributed by atoms with van der Waals surface area (Å²) in [4.78, 5) is 30.1. The Hall–Kier alpha value is -3.51. The number of benzene rings is 3. The number of carbonyl (C=O) groups is 2. The first-order valence-electron chi connectivity index (χ1n) is 13.1. The third-order valence-electron chi connectivity index (χ3n) is 7.05. The molecule has 5 nitrogen and oxygen atoms in total. The van der Waals surface area contributed by atoms with Gasteiger partial charge in [0.2, 0.25) is 0 Å². The molecule has 4 aromatic rings. The molecule has 196 valence electrons. The van der Waals surface area contributed by atoms with Crippen molar-refractivity contribution in [3.63, 3.8) is 0 Å². The van der Waals surface area contributed by atoms with E-state index in [9.17, 15) is 9.59 Å². The molecular weight excluding hydrogens is 492 g/mol. The lowest BCUT2D eigenvalue weighted by Crippen LogP contribution is -2.40. The third kappa shape index (κ3) is 5.51. The highest BCUT2D eigenvalue weighted by Crippen LogP contribution is 2.39. The van der Waals surface area contributed by atoms with Gasteiger partial charge in [0.15, 0.2) is 5.78 Å². The van der Waals surface area contributed by atoms with Gasteiger partial charge < -0.3 is 9.64 Å². The van der Waals surface area contributed by atoms with E-state index in [1.807, 2.05) is 75.4 Å². The predicted molar refractivity (Wildman–Crippen MR) is 154 cm³/mol. The second-order valence-corrected chi connectivity index (χ2v) is 12.2. The Morgan fingerprint density at radius 2 is 1.66 bits per heavy atom. The van der Waals surface area contributed by atoms with Crippen LogP contribution in [0.2, 0.25) is 0 Å². The zero-order valence-corrected chi connectivity index (χ0v) is 23.3. The van der Waals surface area contributed by atoms with Crippen LogP contribution in [0.15, 0.2) is 90.0 Å². The topological polar surface area (TPSA) is 51.5 Å². The molecule has 5 rings (SSSR count). The number of amides is 1. The Morgan fingerprint density at radius 1 is 0.974 bits per heavy atom. The van der Waals surface area contributed by atoms with Crippen molar-refractivity contribution in [3.05, 3.63) is 102 Å². The lowest BCUT2D eigenvalue weighted by Gasteiger charge is -2.29. The maximum absolute atomic E-state index is 14.3. The van der Waals surface area contributed by atoms with E-state index in [1.165, 1.54) is 0 Å². The molecule has 3 aromatic carbocycles. The van der Waals surface area contributed by atoms with Gasteiger partial charge in [0.05, 0.1) is 10.9 Å². The van der Waals surface area contributed by atoms with Crippen molar-refractivity contribution in [2.45, 2.75) is 51.0 Å². The summed E-state index contributed by atoms with van der Waals surface area (Å²) in [6.07, 6.45) is 2.94. The Labute approximate surface area is 228 Å². The summed E-state index contributed by atoms with van der Waals surface area (Å²) >= 11 is 1.66. The molecule has 0 bridgehead atoms. The van der Waals surface area contributed by atoms with Crippen LogP contribution in [0.3, 0.4) is 0 Å². The third-order valence-corrected chi connectivity index (χ3v) is 8.03. The highest BCUT2D eigenvalue weighted by atomic mass is 32.2. The fourth-order valence-corrected chi connectivity index (χ4v) is 6.20. The smallest absolute Gasteiger partial charge is 0.410 e. The number of rotatable bonds is 6. The zero-order chi connectivity index (χ0) is 26.9. The quantitative estimate of drug-likeness (QED) is 0.243. The minimum absolute atomic E-state index is 0.0807. The van der Waals surface area contributed by atoms with Crippen molar-refractivity contribution in [2.24, 2.45) is 5.41 Å². The second-order valence-electron chi connectivity index (χ2n) is 11.2. The maximum Gasteiger partial charge on any atom is 0.410 e. The van der Waals surface area contributed by atoms with Crippen LogP contribution in [0.4, 0.5) is 4.79 Å². The fraction of sp³-hybridized carbons (Fsp3) is 0.312. The van der Waals surface area contributed by atoms with Gasteiger partial charge in [-0.2, -0.15) is 0 Å². The van der Waals surface area contributed by atoms with E-state index >= 15 is 0 Å². The van der Waals surface area contributed by atoms with Crippen LogP contribution in [0, 0.1) is 12.3 Å². The Bertz CT molecular complexity index is 1460. The SMILES string of the molecule is Cc1cn(Sc2ccccc2)c2ccc(C(=O)C3(Cc4ccccc4)CCN(C(=O)OC(C)(C)C)C3)cc12. The summed E-state index contributed by atoms with van der Waals surface area (Å²) in [6, 6.07) is 26.4. The number of likely N-dealkylation sites (tertiary alicyclic amines) is 1. The molecule has 6 heteroatoms. The van der Waals surface area contributed by atoms with Gasteiger partial charge in [-0.1, -0.05) is 48.5 Å². The highest BCUT2D eigenvalue weighted by molar-refractivity contribution is 7.98. The van der Waals surface area contributed by atoms with Gasteiger partial charge in [0.25, 0.3) is 0 Å². The number of fused-ring (bicyclic) bond motifs is 1. The molecule has 1 saturated heterocycles. The first kappa shape index (κ1) is 26.1. The second kappa shape index (κ2) is 10.3. The van der Waals surface area contributed by atoms with E-state index in [0.717, 1.165) is 26.9 Å². The molecule has 1 aromatic heterocycles. The molecule has 0 N–H and O–H groups in total. The molecule has 1 amide bonds. The van der Waals surface area contributed by atoms with Crippen molar-refractivity contribution in [2.75, 3.05) is 13.1 Å². The molecule has 0 aliphatic carbocycles. The van der Waals surface area contributed by atoms with Crippen molar-refractivity contribution < 1.29 is 14.3 Å². The first-order chi connectivity index (χ1) is 18.1. The Balaban J connectivity index is 1.47. The van der Waals surface area contributed by atoms with Crippen molar-refractivity contribution in [3.8, 4) is 0 Å². The lowest BCUT2D eigenvalue weighted by molar-refractivity contribution is 0.0274. The van der Waals surface area contributed by atoms with E-state index in [-0.39, 0.29) is 11.9 Å². The lowest BCUT2D eigenvalue weighted by atomic mass is 9.74. The molecule has 1 unspecified atom stereocenters. The van der Waals surface area contributed by atoms with Gasteiger partial charge in [0.1, 0.15) is 5.60 Å². The van der Waals surface area contributed by atoms with Crippen molar-refractivity contribution in [1.29, 1.82) is 0 Å². The van der Waals surface area contributed by atoms with E-state index in [4.69, 9.17) is 4.74 Å². The number of hydrogen-bond acceptors (Lipinski definition) is 4. The summed E-state index contributed by atoms with van der Waals surface area (Å²) < 4.78 is 7.81. The average Bonchev–Trinajstić information content (AvgIpc) is 3.46. The monoisotopic (exact) mass is 526 g/mol.